The van der Waals surface area contributed by atoms with Crippen LogP contribution < -0.4 is 10.1 Å². The molecule has 0 bridgehead atoms. The summed E-state index contributed by atoms with van der Waals surface area (Å²) in [7, 11) is 1.33. The minimum atomic E-state index is -0.586. The number of nitrogens with zero attached hydrogens (tertiary/aromatic N) is 2. The first-order chi connectivity index (χ1) is 12.0. The fourth-order valence-corrected chi connectivity index (χ4v) is 2.13. The van der Waals surface area contributed by atoms with E-state index in [1.165, 1.54) is 31.4 Å². The number of amides is 1. The average Bonchev–Trinajstić information content (AvgIpc) is 2.64. The number of ether oxygens (including phenoxy) is 1. The van der Waals surface area contributed by atoms with E-state index >= 15 is 0 Å². The molecule has 0 aliphatic carbocycles. The Kier molecular flexibility index (Phi) is 5.85. The van der Waals surface area contributed by atoms with Gasteiger partial charge in [0.2, 0.25) is 0 Å². The molecule has 2 aromatic rings. The quantitative estimate of drug-likeness (QED) is 0.378. The Morgan fingerprint density at radius 2 is 2.04 bits per heavy atom. The van der Waals surface area contributed by atoms with E-state index < -0.39 is 10.8 Å². The summed E-state index contributed by atoms with van der Waals surface area (Å²) in [5, 5.41) is 22.9. The Morgan fingerprint density at radius 3 is 2.64 bits per heavy atom. The van der Waals surface area contributed by atoms with Crippen molar-refractivity contribution in [2.45, 2.75) is 6.54 Å². The number of hydrogen-bond acceptors (Lipinski definition) is 5. The van der Waals surface area contributed by atoms with Crippen molar-refractivity contribution in [3.8, 4) is 11.8 Å². The number of nitriles is 1. The summed E-state index contributed by atoms with van der Waals surface area (Å²) in [6.45, 7) is 0.279. The first-order valence-corrected chi connectivity index (χ1v) is 7.31. The van der Waals surface area contributed by atoms with Crippen LogP contribution >= 0.6 is 0 Å². The Bertz CT molecular complexity index is 854. The van der Waals surface area contributed by atoms with Crippen LogP contribution in [0.4, 0.5) is 5.69 Å². The van der Waals surface area contributed by atoms with Crippen LogP contribution in [0.5, 0.6) is 5.75 Å². The zero-order valence-electron chi connectivity index (χ0n) is 13.4. The third kappa shape index (κ3) is 4.65. The third-order valence-corrected chi connectivity index (χ3v) is 3.37. The Labute approximate surface area is 144 Å². The molecule has 1 amide bonds. The second-order valence-electron chi connectivity index (χ2n) is 5.03. The van der Waals surface area contributed by atoms with Crippen molar-refractivity contribution in [3.63, 3.8) is 0 Å². The summed E-state index contributed by atoms with van der Waals surface area (Å²) in [5.41, 5.74) is 0.876. The molecule has 2 aromatic carbocycles. The van der Waals surface area contributed by atoms with Crippen molar-refractivity contribution in [2.75, 3.05) is 7.11 Å². The van der Waals surface area contributed by atoms with Crippen molar-refractivity contribution in [2.24, 2.45) is 0 Å². The van der Waals surface area contributed by atoms with Gasteiger partial charge in [-0.3, -0.25) is 14.9 Å². The van der Waals surface area contributed by atoms with Crippen molar-refractivity contribution in [1.82, 2.24) is 5.32 Å². The zero-order valence-corrected chi connectivity index (χ0v) is 13.4. The van der Waals surface area contributed by atoms with Gasteiger partial charge in [0.1, 0.15) is 11.6 Å². The van der Waals surface area contributed by atoms with Gasteiger partial charge in [-0.15, -0.1) is 0 Å². The maximum absolute atomic E-state index is 12.1. The van der Waals surface area contributed by atoms with Crippen LogP contribution in [0.15, 0.2) is 54.1 Å². The number of nitro benzene ring substituents is 1. The lowest BCUT2D eigenvalue weighted by Crippen LogP contribution is -2.23. The van der Waals surface area contributed by atoms with E-state index in [4.69, 9.17) is 4.74 Å². The lowest BCUT2D eigenvalue weighted by Gasteiger charge is -2.05. The van der Waals surface area contributed by atoms with Crippen LogP contribution in [-0.4, -0.2) is 17.9 Å². The van der Waals surface area contributed by atoms with Gasteiger partial charge in [0.25, 0.3) is 5.91 Å². The van der Waals surface area contributed by atoms with E-state index in [-0.39, 0.29) is 23.6 Å². The van der Waals surface area contributed by atoms with Gasteiger partial charge in [0.05, 0.1) is 12.0 Å². The summed E-state index contributed by atoms with van der Waals surface area (Å²) in [4.78, 5) is 22.6. The molecule has 0 fully saturated rings. The number of nitrogens with one attached hydrogen (secondary N) is 1. The molecule has 0 atom stereocenters. The second kappa shape index (κ2) is 8.26. The molecule has 0 saturated carbocycles. The van der Waals surface area contributed by atoms with Crippen molar-refractivity contribution in [3.05, 3.63) is 75.3 Å². The predicted molar refractivity (Wildman–Crippen MR) is 91.5 cm³/mol. The van der Waals surface area contributed by atoms with Crippen LogP contribution in [0.1, 0.15) is 11.1 Å². The number of carbonyl (C=O) groups excluding carboxylic acids is 1. The monoisotopic (exact) mass is 337 g/mol. The SMILES string of the molecule is COc1ccc(/C=C(/C#N)C(=O)NCc2ccccc2)cc1[N+](=O)[O-]. The molecule has 0 saturated heterocycles. The number of hydrogen-bond donors (Lipinski definition) is 1. The first kappa shape index (κ1) is 17.7. The zero-order chi connectivity index (χ0) is 18.2. The molecule has 0 aliphatic rings. The minimum Gasteiger partial charge on any atom is -0.490 e. The smallest absolute Gasteiger partial charge is 0.311 e. The summed E-state index contributed by atoms with van der Waals surface area (Å²) in [6.07, 6.45) is 1.30. The molecule has 0 heterocycles. The largest absolute Gasteiger partial charge is 0.490 e. The van der Waals surface area contributed by atoms with Crippen molar-refractivity contribution >= 4 is 17.7 Å². The molecule has 7 nitrogen and oxygen atoms in total. The van der Waals surface area contributed by atoms with Gasteiger partial charge in [-0.1, -0.05) is 36.4 Å². The summed E-state index contributed by atoms with van der Waals surface area (Å²) < 4.78 is 4.92. The number of nitro groups is 1. The highest BCUT2D eigenvalue weighted by molar-refractivity contribution is 6.01. The average molecular weight is 337 g/mol. The second-order valence-corrected chi connectivity index (χ2v) is 5.03. The van der Waals surface area contributed by atoms with Gasteiger partial charge in [-0.2, -0.15) is 5.26 Å². The number of benzene rings is 2. The molecule has 25 heavy (non-hydrogen) atoms. The number of methoxy groups -OCH3 is 1. The highest BCUT2D eigenvalue weighted by atomic mass is 16.6. The van der Waals surface area contributed by atoms with Crippen LogP contribution in [0, 0.1) is 21.4 Å². The Hall–Kier alpha value is -3.66. The molecule has 7 heteroatoms. The molecule has 0 aliphatic heterocycles. The highest BCUT2D eigenvalue weighted by Crippen LogP contribution is 2.28. The molecule has 126 valence electrons. The molecular formula is C18H15N3O4. The van der Waals surface area contributed by atoms with Crippen LogP contribution in [0.25, 0.3) is 6.08 Å². The highest BCUT2D eigenvalue weighted by Gasteiger charge is 2.16. The molecular weight excluding hydrogens is 322 g/mol. The lowest BCUT2D eigenvalue weighted by atomic mass is 10.1. The number of rotatable bonds is 6. The maximum atomic E-state index is 12.1. The van der Waals surface area contributed by atoms with E-state index in [0.29, 0.717) is 5.56 Å². The van der Waals surface area contributed by atoms with Crippen molar-refractivity contribution < 1.29 is 14.5 Å². The van der Waals surface area contributed by atoms with E-state index in [1.807, 2.05) is 36.4 Å². The fraction of sp³-hybridized carbons (Fsp3) is 0.111. The third-order valence-electron chi connectivity index (χ3n) is 3.37. The summed E-state index contributed by atoms with van der Waals surface area (Å²) in [5.74, 6) is -0.445. The van der Waals surface area contributed by atoms with E-state index in [0.717, 1.165) is 5.56 Å². The summed E-state index contributed by atoms with van der Waals surface area (Å²) in [6, 6.07) is 15.3. The van der Waals surface area contributed by atoms with Crippen LogP contribution in [0.3, 0.4) is 0 Å². The molecule has 0 unspecified atom stereocenters. The lowest BCUT2D eigenvalue weighted by molar-refractivity contribution is -0.385. The van der Waals surface area contributed by atoms with Gasteiger partial charge < -0.3 is 10.1 Å². The molecule has 0 spiro atoms. The van der Waals surface area contributed by atoms with E-state index in [9.17, 15) is 20.2 Å². The predicted octanol–water partition coefficient (Wildman–Crippen LogP) is 2.83. The van der Waals surface area contributed by atoms with Gasteiger partial charge in [-0.05, 0) is 23.3 Å². The van der Waals surface area contributed by atoms with Gasteiger partial charge >= 0.3 is 5.69 Å². The van der Waals surface area contributed by atoms with Crippen LogP contribution in [-0.2, 0) is 11.3 Å². The van der Waals surface area contributed by atoms with E-state index in [2.05, 4.69) is 5.32 Å². The maximum Gasteiger partial charge on any atom is 0.311 e. The molecule has 0 aromatic heterocycles. The Balaban J connectivity index is 2.19. The van der Waals surface area contributed by atoms with Gasteiger partial charge in [-0.25, -0.2) is 0 Å². The normalized spacial score (nSPS) is 10.6. The summed E-state index contributed by atoms with van der Waals surface area (Å²) >= 11 is 0. The molecule has 1 N–H and O–H groups in total. The van der Waals surface area contributed by atoms with Gasteiger partial charge in [0.15, 0.2) is 5.75 Å². The first-order valence-electron chi connectivity index (χ1n) is 7.31. The Morgan fingerprint density at radius 1 is 1.32 bits per heavy atom. The molecule has 2 rings (SSSR count). The van der Waals surface area contributed by atoms with Crippen molar-refractivity contribution in [1.29, 1.82) is 5.26 Å². The number of carbonyl (C=O) groups is 1. The van der Waals surface area contributed by atoms with Crippen LogP contribution in [0.2, 0.25) is 0 Å². The standard InChI is InChI=1S/C18H15N3O4/c1-25-17-8-7-14(10-16(17)21(23)24)9-15(11-19)18(22)20-12-13-5-3-2-4-6-13/h2-10H,12H2,1H3,(H,20,22)/b15-9-. The van der Waals surface area contributed by atoms with E-state index in [1.54, 1.807) is 0 Å². The topological polar surface area (TPSA) is 105 Å². The molecule has 0 radical (unpaired) electrons. The fourth-order valence-electron chi connectivity index (χ4n) is 2.13. The van der Waals surface area contributed by atoms with Gasteiger partial charge in [0, 0.05) is 12.6 Å². The minimum absolute atomic E-state index is 0.106.